The second-order valence-electron chi connectivity index (χ2n) is 7.30. The van der Waals surface area contributed by atoms with Crippen LogP contribution in [0.4, 0.5) is 5.82 Å². The van der Waals surface area contributed by atoms with E-state index in [0.717, 1.165) is 22.3 Å². The third-order valence-electron chi connectivity index (χ3n) is 5.31. The quantitative estimate of drug-likeness (QED) is 0.765. The fourth-order valence-electron chi connectivity index (χ4n) is 3.60. The lowest BCUT2D eigenvalue weighted by Crippen LogP contribution is -2.33. The Morgan fingerprint density at radius 3 is 2.63 bits per heavy atom. The van der Waals surface area contributed by atoms with Crippen LogP contribution >= 0.6 is 0 Å². The molecule has 0 saturated heterocycles. The lowest BCUT2D eigenvalue weighted by molar-refractivity contribution is -0.125. The van der Waals surface area contributed by atoms with Crippen LogP contribution in [0.25, 0.3) is 11.6 Å². The van der Waals surface area contributed by atoms with Gasteiger partial charge >= 0.3 is 5.97 Å². The van der Waals surface area contributed by atoms with Gasteiger partial charge in [-0.25, -0.2) is 9.78 Å². The summed E-state index contributed by atoms with van der Waals surface area (Å²) in [6, 6.07) is 8.74. The summed E-state index contributed by atoms with van der Waals surface area (Å²) >= 11 is 0. The number of hydrogen-bond acceptors (Lipinski definition) is 4. The molecule has 2 N–H and O–H groups in total. The molecule has 1 aromatic carbocycles. The van der Waals surface area contributed by atoms with Crippen molar-refractivity contribution in [2.24, 2.45) is 0 Å². The van der Waals surface area contributed by atoms with Crippen LogP contribution in [0.3, 0.4) is 0 Å². The summed E-state index contributed by atoms with van der Waals surface area (Å²) in [5, 5.41) is 11.7. The van der Waals surface area contributed by atoms with Gasteiger partial charge in [0.2, 0.25) is 11.8 Å². The fourth-order valence-corrected chi connectivity index (χ4v) is 3.60. The molecule has 4 rings (SSSR count). The third-order valence-corrected chi connectivity index (χ3v) is 5.31. The summed E-state index contributed by atoms with van der Waals surface area (Å²) in [6.45, 7) is 1.11. The monoisotopic (exact) mass is 403 g/mol. The van der Waals surface area contributed by atoms with E-state index in [1.807, 2.05) is 12.1 Å². The molecule has 0 fully saturated rings. The molecule has 2 aliphatic rings. The van der Waals surface area contributed by atoms with Gasteiger partial charge < -0.3 is 15.3 Å². The van der Waals surface area contributed by atoms with Crippen LogP contribution in [0.1, 0.15) is 39.9 Å². The first-order valence-electron chi connectivity index (χ1n) is 9.78. The lowest BCUT2D eigenvalue weighted by Gasteiger charge is -2.25. The van der Waals surface area contributed by atoms with Crippen LogP contribution in [0.5, 0.6) is 0 Å². The fraction of sp³-hybridized carbons (Fsp3) is 0.217. The molecule has 1 aromatic heterocycles. The number of carboxylic acid groups (broad SMARTS) is 1. The van der Waals surface area contributed by atoms with Crippen molar-refractivity contribution in [1.29, 1.82) is 0 Å². The minimum Gasteiger partial charge on any atom is -0.478 e. The minimum absolute atomic E-state index is 0.0242. The van der Waals surface area contributed by atoms with Crippen molar-refractivity contribution in [3.8, 4) is 0 Å². The number of pyridine rings is 1. The number of fused-ring (bicyclic) bond motifs is 1. The van der Waals surface area contributed by atoms with E-state index in [0.29, 0.717) is 38.2 Å². The number of carboxylic acids is 1. The summed E-state index contributed by atoms with van der Waals surface area (Å²) in [6.07, 6.45) is 8.75. The highest BCUT2D eigenvalue weighted by atomic mass is 16.4. The normalized spacial score (nSPS) is 16.1. The number of carbonyl (C=O) groups is 3. The first kappa shape index (κ1) is 19.6. The smallest absolute Gasteiger partial charge is 0.335 e. The van der Waals surface area contributed by atoms with Gasteiger partial charge in [-0.3, -0.25) is 9.59 Å². The maximum absolute atomic E-state index is 12.5. The summed E-state index contributed by atoms with van der Waals surface area (Å²) in [4.78, 5) is 40.9. The molecule has 7 heteroatoms. The first-order valence-corrected chi connectivity index (χ1v) is 9.78. The SMILES string of the molecule is O=C1CCc2cc(/C=C/C(=O)N3CC=C(c4ccc(C(=O)O)cc4)CC3)cnc2N1. The molecule has 30 heavy (non-hydrogen) atoms. The molecule has 0 atom stereocenters. The highest BCUT2D eigenvalue weighted by molar-refractivity contribution is 5.94. The van der Waals surface area contributed by atoms with E-state index in [-0.39, 0.29) is 17.4 Å². The van der Waals surface area contributed by atoms with Crippen molar-refractivity contribution in [2.45, 2.75) is 19.3 Å². The molecule has 2 aromatic rings. The average Bonchev–Trinajstić information content (AvgIpc) is 2.77. The van der Waals surface area contributed by atoms with E-state index in [1.54, 1.807) is 47.5 Å². The summed E-state index contributed by atoms with van der Waals surface area (Å²) in [5.41, 5.74) is 4.15. The molecule has 7 nitrogen and oxygen atoms in total. The third kappa shape index (κ3) is 4.30. The van der Waals surface area contributed by atoms with Gasteiger partial charge in [-0.1, -0.05) is 18.2 Å². The van der Waals surface area contributed by atoms with Crippen molar-refractivity contribution >= 4 is 35.3 Å². The molecule has 2 aliphatic heterocycles. The average molecular weight is 403 g/mol. The largest absolute Gasteiger partial charge is 0.478 e. The molecule has 0 saturated carbocycles. The summed E-state index contributed by atoms with van der Waals surface area (Å²) in [7, 11) is 0. The Morgan fingerprint density at radius 2 is 1.93 bits per heavy atom. The van der Waals surface area contributed by atoms with Crippen molar-refractivity contribution in [3.63, 3.8) is 0 Å². The standard InChI is InChI=1S/C23H21N3O4/c27-20-7-6-19-13-15(14-24-22(19)25-20)1-8-21(28)26-11-9-17(10-12-26)16-2-4-18(5-3-16)23(29)30/h1-5,8-9,13-14H,6-7,10-12H2,(H,29,30)(H,24,25,27)/b8-1+. The van der Waals surface area contributed by atoms with Crippen molar-refractivity contribution in [1.82, 2.24) is 9.88 Å². The van der Waals surface area contributed by atoms with E-state index in [9.17, 15) is 14.4 Å². The van der Waals surface area contributed by atoms with E-state index in [1.165, 1.54) is 0 Å². The second-order valence-corrected chi connectivity index (χ2v) is 7.30. The van der Waals surface area contributed by atoms with Crippen LogP contribution in [0.2, 0.25) is 0 Å². The Bertz CT molecular complexity index is 1070. The zero-order valence-electron chi connectivity index (χ0n) is 16.3. The highest BCUT2D eigenvalue weighted by Crippen LogP contribution is 2.24. The number of rotatable bonds is 4. The molecule has 0 aliphatic carbocycles. The number of carbonyl (C=O) groups excluding carboxylic acids is 2. The number of hydrogen-bond donors (Lipinski definition) is 2. The van der Waals surface area contributed by atoms with E-state index in [4.69, 9.17) is 5.11 Å². The van der Waals surface area contributed by atoms with Gasteiger partial charge in [0.05, 0.1) is 5.56 Å². The first-order chi connectivity index (χ1) is 14.5. The van der Waals surface area contributed by atoms with Crippen molar-refractivity contribution < 1.29 is 19.5 Å². The molecule has 2 amide bonds. The van der Waals surface area contributed by atoms with Crippen LogP contribution in [-0.4, -0.2) is 45.9 Å². The molecular weight excluding hydrogens is 382 g/mol. The number of aryl methyl sites for hydroxylation is 1. The molecule has 152 valence electrons. The predicted molar refractivity (Wildman–Crippen MR) is 113 cm³/mol. The van der Waals surface area contributed by atoms with E-state index >= 15 is 0 Å². The lowest BCUT2D eigenvalue weighted by atomic mass is 9.98. The number of anilines is 1. The van der Waals surface area contributed by atoms with Gasteiger partial charge in [0.15, 0.2) is 0 Å². The Labute approximate surface area is 173 Å². The maximum Gasteiger partial charge on any atom is 0.335 e. The van der Waals surface area contributed by atoms with Crippen LogP contribution in [-0.2, 0) is 16.0 Å². The number of aromatic carboxylic acids is 1. The van der Waals surface area contributed by atoms with Gasteiger partial charge in [0, 0.05) is 31.8 Å². The molecule has 0 bridgehead atoms. The maximum atomic E-state index is 12.5. The van der Waals surface area contributed by atoms with Crippen LogP contribution in [0.15, 0.2) is 48.7 Å². The highest BCUT2D eigenvalue weighted by Gasteiger charge is 2.18. The number of nitrogens with zero attached hydrogens (tertiary/aromatic N) is 2. The van der Waals surface area contributed by atoms with Crippen molar-refractivity contribution in [3.05, 3.63) is 70.9 Å². The molecule has 0 unspecified atom stereocenters. The van der Waals surface area contributed by atoms with Gasteiger partial charge in [-0.15, -0.1) is 0 Å². The van der Waals surface area contributed by atoms with E-state index in [2.05, 4.69) is 10.3 Å². The Morgan fingerprint density at radius 1 is 1.13 bits per heavy atom. The minimum atomic E-state index is -0.943. The van der Waals surface area contributed by atoms with Crippen LogP contribution in [0, 0.1) is 0 Å². The topological polar surface area (TPSA) is 99.6 Å². The van der Waals surface area contributed by atoms with Gasteiger partial charge in [-0.2, -0.15) is 0 Å². The predicted octanol–water partition coefficient (Wildman–Crippen LogP) is 2.99. The van der Waals surface area contributed by atoms with Gasteiger partial charge in [-0.05, 0) is 59.4 Å². The van der Waals surface area contributed by atoms with Crippen LogP contribution < -0.4 is 5.32 Å². The number of benzene rings is 1. The van der Waals surface area contributed by atoms with Crippen molar-refractivity contribution in [2.75, 3.05) is 18.4 Å². The second kappa shape index (κ2) is 8.32. The van der Waals surface area contributed by atoms with Gasteiger partial charge in [0.1, 0.15) is 5.82 Å². The van der Waals surface area contributed by atoms with E-state index < -0.39 is 5.97 Å². The Hall–Kier alpha value is -3.74. The molecule has 0 spiro atoms. The molecule has 0 radical (unpaired) electrons. The number of aromatic nitrogens is 1. The molecule has 3 heterocycles. The summed E-state index contributed by atoms with van der Waals surface area (Å²) < 4.78 is 0. The summed E-state index contributed by atoms with van der Waals surface area (Å²) in [5.74, 6) is -0.442. The molecular formula is C23H21N3O4. The number of nitrogens with one attached hydrogen (secondary N) is 1. The number of amides is 2. The zero-order valence-corrected chi connectivity index (χ0v) is 16.3. The Balaban J connectivity index is 1.38. The zero-order chi connectivity index (χ0) is 21.1. The Kier molecular flexibility index (Phi) is 5.43. The van der Waals surface area contributed by atoms with Gasteiger partial charge in [0.25, 0.3) is 0 Å².